The Labute approximate surface area is 112 Å². The zero-order valence-electron chi connectivity index (χ0n) is 10.6. The lowest BCUT2D eigenvalue weighted by Crippen LogP contribution is -2.57. The lowest BCUT2D eigenvalue weighted by atomic mass is 9.83. The van der Waals surface area contributed by atoms with Crippen molar-refractivity contribution in [3.63, 3.8) is 0 Å². The van der Waals surface area contributed by atoms with E-state index in [0.717, 1.165) is 0 Å². The number of hydrogen-bond acceptors (Lipinski definition) is 2. The molecule has 1 saturated carbocycles. The van der Waals surface area contributed by atoms with Crippen molar-refractivity contribution in [2.45, 2.75) is 43.7 Å². The van der Waals surface area contributed by atoms with Crippen molar-refractivity contribution in [1.29, 1.82) is 0 Å². The van der Waals surface area contributed by atoms with Gasteiger partial charge in [0.05, 0.1) is 11.3 Å². The molecule has 0 aromatic heterocycles. The first kappa shape index (κ1) is 14.4. The SMILES string of the molecule is FC(F)(F)C1CCC(C2NCC3CC32C(F)(F)F)NC1. The third-order valence-electron chi connectivity index (χ3n) is 5.14. The highest BCUT2D eigenvalue weighted by Crippen LogP contribution is 2.67. The van der Waals surface area contributed by atoms with Crippen molar-refractivity contribution >= 4 is 0 Å². The van der Waals surface area contributed by atoms with E-state index in [9.17, 15) is 26.3 Å². The van der Waals surface area contributed by atoms with Gasteiger partial charge in [-0.2, -0.15) is 26.3 Å². The fourth-order valence-corrected chi connectivity index (χ4v) is 3.90. The molecule has 0 radical (unpaired) electrons. The van der Waals surface area contributed by atoms with Crippen molar-refractivity contribution < 1.29 is 26.3 Å². The number of piperidine rings is 2. The van der Waals surface area contributed by atoms with Crippen LogP contribution in [0.2, 0.25) is 0 Å². The van der Waals surface area contributed by atoms with E-state index >= 15 is 0 Å². The average Bonchev–Trinajstić information content (AvgIpc) is 2.96. The maximum atomic E-state index is 13.2. The summed E-state index contributed by atoms with van der Waals surface area (Å²) < 4.78 is 77.3. The maximum absolute atomic E-state index is 13.2. The second kappa shape index (κ2) is 4.25. The average molecular weight is 302 g/mol. The Morgan fingerprint density at radius 2 is 1.60 bits per heavy atom. The smallest absolute Gasteiger partial charge is 0.312 e. The van der Waals surface area contributed by atoms with Crippen LogP contribution >= 0.6 is 0 Å². The predicted molar refractivity (Wildman–Crippen MR) is 59.0 cm³/mol. The monoisotopic (exact) mass is 302 g/mol. The first-order chi connectivity index (χ1) is 9.16. The van der Waals surface area contributed by atoms with Crippen LogP contribution in [0.3, 0.4) is 0 Å². The van der Waals surface area contributed by atoms with Crippen molar-refractivity contribution in [1.82, 2.24) is 10.6 Å². The molecule has 0 spiro atoms. The number of alkyl halides is 6. The van der Waals surface area contributed by atoms with Crippen LogP contribution in [0.25, 0.3) is 0 Å². The molecule has 2 N–H and O–H groups in total. The second-order valence-electron chi connectivity index (χ2n) is 6.16. The molecule has 0 aromatic carbocycles. The van der Waals surface area contributed by atoms with Gasteiger partial charge in [0.25, 0.3) is 0 Å². The summed E-state index contributed by atoms with van der Waals surface area (Å²) in [6, 6.07) is -1.32. The molecule has 2 nitrogen and oxygen atoms in total. The molecule has 0 amide bonds. The molecule has 5 atom stereocenters. The summed E-state index contributed by atoms with van der Waals surface area (Å²) >= 11 is 0. The number of nitrogens with one attached hydrogen (secondary N) is 2. The Morgan fingerprint density at radius 3 is 2.05 bits per heavy atom. The van der Waals surface area contributed by atoms with Crippen LogP contribution in [0.5, 0.6) is 0 Å². The summed E-state index contributed by atoms with van der Waals surface area (Å²) in [5.41, 5.74) is -1.71. The molecule has 116 valence electrons. The van der Waals surface area contributed by atoms with E-state index in [-0.39, 0.29) is 25.8 Å². The molecule has 1 aliphatic carbocycles. The number of halogens is 6. The third-order valence-corrected chi connectivity index (χ3v) is 5.14. The van der Waals surface area contributed by atoms with Gasteiger partial charge in [-0.1, -0.05) is 0 Å². The zero-order valence-corrected chi connectivity index (χ0v) is 10.6. The molecular weight excluding hydrogens is 286 g/mol. The van der Waals surface area contributed by atoms with Crippen molar-refractivity contribution in [2.24, 2.45) is 17.3 Å². The van der Waals surface area contributed by atoms with E-state index in [0.29, 0.717) is 6.54 Å². The fourth-order valence-electron chi connectivity index (χ4n) is 3.90. The Kier molecular flexibility index (Phi) is 3.07. The first-order valence-electron chi connectivity index (χ1n) is 6.76. The van der Waals surface area contributed by atoms with Gasteiger partial charge < -0.3 is 10.6 Å². The minimum atomic E-state index is -4.28. The molecule has 3 aliphatic rings. The fraction of sp³-hybridized carbons (Fsp3) is 1.00. The molecule has 20 heavy (non-hydrogen) atoms. The Balaban J connectivity index is 1.67. The van der Waals surface area contributed by atoms with Gasteiger partial charge in [-0.05, 0) is 31.7 Å². The summed E-state index contributed by atoms with van der Waals surface area (Å²) in [5.74, 6) is -1.85. The van der Waals surface area contributed by atoms with Crippen molar-refractivity contribution in [3.05, 3.63) is 0 Å². The molecular formula is C12H16F6N2. The van der Waals surface area contributed by atoms with E-state index < -0.39 is 41.7 Å². The normalized spacial score (nSPS) is 45.3. The minimum Gasteiger partial charge on any atom is -0.312 e. The lowest BCUT2D eigenvalue weighted by Gasteiger charge is -2.38. The third kappa shape index (κ3) is 2.03. The predicted octanol–water partition coefficient (Wildman–Crippen LogP) is 2.46. The molecule has 8 heteroatoms. The Morgan fingerprint density at radius 1 is 0.900 bits per heavy atom. The van der Waals surface area contributed by atoms with Crippen LogP contribution in [-0.2, 0) is 0 Å². The van der Waals surface area contributed by atoms with Gasteiger partial charge in [-0.3, -0.25) is 0 Å². The highest BCUT2D eigenvalue weighted by molar-refractivity contribution is 5.21. The van der Waals surface area contributed by atoms with Crippen molar-refractivity contribution in [2.75, 3.05) is 13.1 Å². The molecule has 0 bridgehead atoms. The minimum absolute atomic E-state index is 0.0993. The summed E-state index contributed by atoms with van der Waals surface area (Å²) in [5, 5.41) is 5.55. The van der Waals surface area contributed by atoms with Crippen LogP contribution in [0, 0.1) is 17.3 Å². The summed E-state index contributed by atoms with van der Waals surface area (Å²) in [6.07, 6.45) is -8.42. The molecule has 2 saturated heterocycles. The molecule has 3 fully saturated rings. The van der Waals surface area contributed by atoms with Gasteiger partial charge >= 0.3 is 12.4 Å². The Hall–Kier alpha value is -0.500. The highest BCUT2D eigenvalue weighted by Gasteiger charge is 2.77. The molecule has 2 aliphatic heterocycles. The van der Waals surface area contributed by atoms with E-state index in [1.807, 2.05) is 0 Å². The van der Waals surface area contributed by atoms with Crippen LogP contribution < -0.4 is 10.6 Å². The van der Waals surface area contributed by atoms with E-state index in [1.165, 1.54) is 0 Å². The Bertz CT molecular complexity index is 384. The zero-order chi connectivity index (χ0) is 14.8. The van der Waals surface area contributed by atoms with Gasteiger partial charge in [0.1, 0.15) is 0 Å². The standard InChI is InChI=1S/C12H16F6N2/c13-11(14,15)6-1-2-8(19-4-6)9-10(12(16,17)18)3-7(10)5-20-9/h6-9,19-20H,1-5H2. The molecule has 3 rings (SSSR count). The largest absolute Gasteiger partial charge is 0.396 e. The quantitative estimate of drug-likeness (QED) is 0.727. The topological polar surface area (TPSA) is 24.1 Å². The van der Waals surface area contributed by atoms with Crippen LogP contribution in [0.4, 0.5) is 26.3 Å². The van der Waals surface area contributed by atoms with Gasteiger partial charge in [0.2, 0.25) is 0 Å². The maximum Gasteiger partial charge on any atom is 0.396 e. The molecule has 2 heterocycles. The van der Waals surface area contributed by atoms with Gasteiger partial charge in [0, 0.05) is 18.6 Å². The van der Waals surface area contributed by atoms with Gasteiger partial charge in [-0.25, -0.2) is 0 Å². The molecule has 0 aromatic rings. The molecule has 5 unspecified atom stereocenters. The summed E-state index contributed by atoms with van der Waals surface area (Å²) in [7, 11) is 0. The second-order valence-corrected chi connectivity index (χ2v) is 6.16. The van der Waals surface area contributed by atoms with Gasteiger partial charge in [0.15, 0.2) is 0 Å². The summed E-state index contributed by atoms with van der Waals surface area (Å²) in [6.45, 7) is 0.0238. The lowest BCUT2D eigenvalue weighted by molar-refractivity contribution is -0.200. The van der Waals surface area contributed by atoms with E-state index in [2.05, 4.69) is 10.6 Å². The number of rotatable bonds is 1. The summed E-state index contributed by atoms with van der Waals surface area (Å²) in [4.78, 5) is 0. The van der Waals surface area contributed by atoms with Crippen LogP contribution in [0.1, 0.15) is 19.3 Å². The van der Waals surface area contributed by atoms with Gasteiger partial charge in [-0.15, -0.1) is 0 Å². The van der Waals surface area contributed by atoms with E-state index in [1.54, 1.807) is 0 Å². The van der Waals surface area contributed by atoms with Crippen LogP contribution in [0.15, 0.2) is 0 Å². The van der Waals surface area contributed by atoms with E-state index in [4.69, 9.17) is 0 Å². The number of fused-ring (bicyclic) bond motifs is 1. The number of hydrogen-bond donors (Lipinski definition) is 2. The van der Waals surface area contributed by atoms with Crippen LogP contribution in [-0.4, -0.2) is 37.5 Å². The highest BCUT2D eigenvalue weighted by atomic mass is 19.4. The first-order valence-corrected chi connectivity index (χ1v) is 6.76. The van der Waals surface area contributed by atoms with Crippen molar-refractivity contribution in [3.8, 4) is 0 Å².